The van der Waals surface area contributed by atoms with E-state index in [9.17, 15) is 4.79 Å². The SMILES string of the molecule is CN(C)CCCN(C)C(=O)CS. The Hall–Kier alpha value is -0.220. The van der Waals surface area contributed by atoms with Crippen molar-refractivity contribution in [2.24, 2.45) is 0 Å². The van der Waals surface area contributed by atoms with E-state index in [1.807, 2.05) is 21.1 Å². The minimum Gasteiger partial charge on any atom is -0.345 e. The Morgan fingerprint density at radius 1 is 1.25 bits per heavy atom. The highest BCUT2D eigenvalue weighted by atomic mass is 32.1. The predicted molar refractivity (Wildman–Crippen MR) is 54.7 cm³/mol. The molecule has 0 unspecified atom stereocenters. The number of hydrogen-bond acceptors (Lipinski definition) is 3. The van der Waals surface area contributed by atoms with Gasteiger partial charge in [-0.2, -0.15) is 12.6 Å². The zero-order chi connectivity index (χ0) is 9.56. The number of rotatable bonds is 5. The summed E-state index contributed by atoms with van der Waals surface area (Å²) in [6.45, 7) is 1.84. The van der Waals surface area contributed by atoms with Crippen LogP contribution in [0.15, 0.2) is 0 Å². The zero-order valence-electron chi connectivity index (χ0n) is 8.08. The standard InChI is InChI=1S/C8H18N2OS/c1-9(2)5-4-6-10(3)8(11)7-12/h12H,4-7H2,1-3H3. The molecule has 0 aliphatic rings. The van der Waals surface area contributed by atoms with Gasteiger partial charge in [0.25, 0.3) is 0 Å². The zero-order valence-corrected chi connectivity index (χ0v) is 8.97. The molecule has 3 nitrogen and oxygen atoms in total. The van der Waals surface area contributed by atoms with E-state index < -0.39 is 0 Å². The van der Waals surface area contributed by atoms with Gasteiger partial charge in [0, 0.05) is 13.6 Å². The van der Waals surface area contributed by atoms with E-state index in [4.69, 9.17) is 0 Å². The molecule has 0 aromatic rings. The monoisotopic (exact) mass is 190 g/mol. The lowest BCUT2D eigenvalue weighted by atomic mass is 10.4. The Morgan fingerprint density at radius 2 is 1.83 bits per heavy atom. The molecule has 0 rings (SSSR count). The summed E-state index contributed by atoms with van der Waals surface area (Å²) < 4.78 is 0. The van der Waals surface area contributed by atoms with E-state index in [2.05, 4.69) is 17.5 Å². The molecule has 0 heterocycles. The van der Waals surface area contributed by atoms with Gasteiger partial charge in [-0.1, -0.05) is 0 Å². The van der Waals surface area contributed by atoms with Crippen LogP contribution in [0.25, 0.3) is 0 Å². The fourth-order valence-electron chi connectivity index (χ4n) is 0.870. The largest absolute Gasteiger partial charge is 0.345 e. The van der Waals surface area contributed by atoms with Gasteiger partial charge in [-0.05, 0) is 27.1 Å². The Kier molecular flexibility index (Phi) is 6.20. The van der Waals surface area contributed by atoms with Crippen LogP contribution in [0, 0.1) is 0 Å². The van der Waals surface area contributed by atoms with Crippen LogP contribution in [0.3, 0.4) is 0 Å². The third-order valence-electron chi connectivity index (χ3n) is 1.66. The van der Waals surface area contributed by atoms with Crippen molar-refractivity contribution in [2.75, 3.05) is 40.0 Å². The van der Waals surface area contributed by atoms with E-state index in [-0.39, 0.29) is 5.91 Å². The number of carbonyl (C=O) groups excluding carboxylic acids is 1. The van der Waals surface area contributed by atoms with Gasteiger partial charge in [0.2, 0.25) is 5.91 Å². The van der Waals surface area contributed by atoms with E-state index in [0.717, 1.165) is 19.5 Å². The minimum atomic E-state index is 0.0945. The number of carbonyl (C=O) groups is 1. The lowest BCUT2D eigenvalue weighted by molar-refractivity contribution is -0.127. The molecule has 0 aliphatic carbocycles. The minimum absolute atomic E-state index is 0.0945. The van der Waals surface area contributed by atoms with Gasteiger partial charge < -0.3 is 9.80 Å². The molecule has 0 radical (unpaired) electrons. The summed E-state index contributed by atoms with van der Waals surface area (Å²) in [7, 11) is 5.87. The fraction of sp³-hybridized carbons (Fsp3) is 0.875. The van der Waals surface area contributed by atoms with Crippen LogP contribution in [0.2, 0.25) is 0 Å². The van der Waals surface area contributed by atoms with Gasteiger partial charge in [0.1, 0.15) is 0 Å². The summed E-state index contributed by atoms with van der Waals surface area (Å²) in [6.07, 6.45) is 1.02. The van der Waals surface area contributed by atoms with Gasteiger partial charge in [-0.15, -0.1) is 0 Å². The summed E-state index contributed by atoms with van der Waals surface area (Å²) in [5.74, 6) is 0.399. The lowest BCUT2D eigenvalue weighted by Gasteiger charge is -2.17. The molecule has 0 aromatic heterocycles. The summed E-state index contributed by atoms with van der Waals surface area (Å²) in [5, 5.41) is 0. The van der Waals surface area contributed by atoms with Crippen molar-refractivity contribution < 1.29 is 4.79 Å². The number of nitrogens with zero attached hydrogens (tertiary/aromatic N) is 2. The van der Waals surface area contributed by atoms with Crippen LogP contribution in [0.4, 0.5) is 0 Å². The Balaban J connectivity index is 3.43. The second kappa shape index (κ2) is 6.31. The molecule has 0 bridgehead atoms. The molecular formula is C8H18N2OS. The number of hydrogen-bond donors (Lipinski definition) is 1. The third kappa shape index (κ3) is 5.43. The quantitative estimate of drug-likeness (QED) is 0.631. The van der Waals surface area contributed by atoms with Gasteiger partial charge in [-0.3, -0.25) is 4.79 Å². The molecule has 0 saturated heterocycles. The molecular weight excluding hydrogens is 172 g/mol. The summed E-state index contributed by atoms with van der Waals surface area (Å²) in [5.41, 5.74) is 0. The first-order valence-electron chi connectivity index (χ1n) is 4.07. The van der Waals surface area contributed by atoms with Crippen LogP contribution < -0.4 is 0 Å². The molecule has 0 fully saturated rings. The molecule has 4 heteroatoms. The maximum absolute atomic E-state index is 11.0. The summed E-state index contributed by atoms with van der Waals surface area (Å²) in [4.78, 5) is 14.9. The molecule has 0 aromatic carbocycles. The van der Waals surface area contributed by atoms with E-state index in [0.29, 0.717) is 5.75 Å². The van der Waals surface area contributed by atoms with Gasteiger partial charge in [0.15, 0.2) is 0 Å². The van der Waals surface area contributed by atoms with Crippen molar-refractivity contribution in [3.8, 4) is 0 Å². The van der Waals surface area contributed by atoms with E-state index >= 15 is 0 Å². The normalized spacial score (nSPS) is 10.4. The Labute approximate surface area is 80.1 Å². The van der Waals surface area contributed by atoms with Crippen LogP contribution in [0.5, 0.6) is 0 Å². The average Bonchev–Trinajstić information content (AvgIpc) is 2.02. The van der Waals surface area contributed by atoms with Gasteiger partial charge in [-0.25, -0.2) is 0 Å². The number of thiol groups is 1. The third-order valence-corrected chi connectivity index (χ3v) is 1.93. The fourth-order valence-corrected chi connectivity index (χ4v) is 1.11. The Bertz CT molecular complexity index is 139. The molecule has 0 N–H and O–H groups in total. The second-order valence-corrected chi connectivity index (χ2v) is 3.45. The smallest absolute Gasteiger partial charge is 0.232 e. The molecule has 72 valence electrons. The highest BCUT2D eigenvalue weighted by Crippen LogP contribution is 1.91. The molecule has 0 aliphatic heterocycles. The molecule has 0 saturated carbocycles. The van der Waals surface area contributed by atoms with Gasteiger partial charge >= 0.3 is 0 Å². The van der Waals surface area contributed by atoms with E-state index in [1.54, 1.807) is 4.90 Å². The highest BCUT2D eigenvalue weighted by molar-refractivity contribution is 7.81. The average molecular weight is 190 g/mol. The summed E-state index contributed by atoms with van der Waals surface area (Å²) >= 11 is 3.92. The highest BCUT2D eigenvalue weighted by Gasteiger charge is 2.04. The van der Waals surface area contributed by atoms with Crippen LogP contribution >= 0.6 is 12.6 Å². The van der Waals surface area contributed by atoms with Crippen molar-refractivity contribution >= 4 is 18.5 Å². The molecule has 1 amide bonds. The Morgan fingerprint density at radius 3 is 2.25 bits per heavy atom. The first-order chi connectivity index (χ1) is 5.57. The molecule has 12 heavy (non-hydrogen) atoms. The second-order valence-electron chi connectivity index (χ2n) is 3.13. The maximum atomic E-state index is 11.0. The van der Waals surface area contributed by atoms with Crippen LogP contribution in [0.1, 0.15) is 6.42 Å². The predicted octanol–water partition coefficient (Wildman–Crippen LogP) is 0.326. The summed E-state index contributed by atoms with van der Waals surface area (Å²) in [6, 6.07) is 0. The van der Waals surface area contributed by atoms with Crippen LogP contribution in [-0.4, -0.2) is 55.7 Å². The van der Waals surface area contributed by atoms with Crippen molar-refractivity contribution in [3.63, 3.8) is 0 Å². The first kappa shape index (κ1) is 11.8. The first-order valence-corrected chi connectivity index (χ1v) is 4.70. The maximum Gasteiger partial charge on any atom is 0.232 e. The lowest BCUT2D eigenvalue weighted by Crippen LogP contribution is -2.30. The van der Waals surface area contributed by atoms with Gasteiger partial charge in [0.05, 0.1) is 5.75 Å². The molecule has 0 atom stereocenters. The number of amides is 1. The molecule has 0 spiro atoms. The topological polar surface area (TPSA) is 23.6 Å². The van der Waals surface area contributed by atoms with E-state index in [1.165, 1.54) is 0 Å². The van der Waals surface area contributed by atoms with Crippen molar-refractivity contribution in [3.05, 3.63) is 0 Å². The van der Waals surface area contributed by atoms with Crippen molar-refractivity contribution in [2.45, 2.75) is 6.42 Å². The van der Waals surface area contributed by atoms with Crippen LogP contribution in [-0.2, 0) is 4.79 Å². The van der Waals surface area contributed by atoms with Crippen molar-refractivity contribution in [1.82, 2.24) is 9.80 Å². The van der Waals surface area contributed by atoms with Crippen molar-refractivity contribution in [1.29, 1.82) is 0 Å².